The number of nitrogens with zero attached hydrogens (tertiary/aromatic N) is 2. The van der Waals surface area contributed by atoms with Gasteiger partial charge in [0.05, 0.1) is 5.69 Å². The summed E-state index contributed by atoms with van der Waals surface area (Å²) in [7, 11) is 0. The molecule has 21 heavy (non-hydrogen) atoms. The Bertz CT molecular complexity index is 595. The van der Waals surface area contributed by atoms with E-state index in [0.29, 0.717) is 0 Å². The van der Waals surface area contributed by atoms with Crippen molar-refractivity contribution in [2.75, 3.05) is 5.32 Å². The van der Waals surface area contributed by atoms with Crippen molar-refractivity contribution in [2.24, 2.45) is 0 Å². The molecule has 0 saturated heterocycles. The first-order chi connectivity index (χ1) is 9.96. The van der Waals surface area contributed by atoms with Crippen molar-refractivity contribution in [2.45, 2.75) is 32.2 Å². The Morgan fingerprint density at radius 1 is 1.19 bits per heavy atom. The average molecular weight is 285 g/mol. The highest BCUT2D eigenvalue weighted by Gasteiger charge is 2.18. The summed E-state index contributed by atoms with van der Waals surface area (Å²) in [6.07, 6.45) is 3.43. The summed E-state index contributed by atoms with van der Waals surface area (Å²) >= 11 is 0. The van der Waals surface area contributed by atoms with E-state index in [9.17, 15) is 10.1 Å². The van der Waals surface area contributed by atoms with Crippen LogP contribution in [0.5, 0.6) is 0 Å². The Balaban J connectivity index is 1.95. The number of benzene rings is 1. The number of hydrogen-bond acceptors (Lipinski definition) is 4. The van der Waals surface area contributed by atoms with E-state index in [1.54, 1.807) is 6.07 Å². The lowest BCUT2D eigenvalue weighted by molar-refractivity contribution is -0.389. The van der Waals surface area contributed by atoms with Crippen LogP contribution >= 0.6 is 0 Å². The maximum atomic E-state index is 10.6. The van der Waals surface area contributed by atoms with Crippen molar-refractivity contribution in [3.05, 3.63) is 64.3 Å². The number of aryl methyl sites for hydroxylation is 1. The predicted molar refractivity (Wildman–Crippen MR) is 83.4 cm³/mol. The molecule has 2 aromatic rings. The van der Waals surface area contributed by atoms with Gasteiger partial charge in [-0.05, 0) is 48.2 Å². The Morgan fingerprint density at radius 2 is 1.90 bits per heavy atom. The molecule has 0 spiro atoms. The van der Waals surface area contributed by atoms with Crippen LogP contribution in [-0.2, 0) is 6.42 Å². The minimum absolute atomic E-state index is 0.117. The lowest BCUT2D eigenvalue weighted by Crippen LogP contribution is -2.31. The zero-order valence-electron chi connectivity index (χ0n) is 12.2. The van der Waals surface area contributed by atoms with Crippen molar-refractivity contribution in [3.8, 4) is 0 Å². The van der Waals surface area contributed by atoms with Gasteiger partial charge in [0.2, 0.25) is 0 Å². The van der Waals surface area contributed by atoms with E-state index < -0.39 is 4.92 Å². The summed E-state index contributed by atoms with van der Waals surface area (Å²) in [4.78, 5) is 13.9. The molecule has 5 heteroatoms. The summed E-state index contributed by atoms with van der Waals surface area (Å²) in [6.45, 7) is 4.22. The maximum absolute atomic E-state index is 10.6. The van der Waals surface area contributed by atoms with Gasteiger partial charge in [0.1, 0.15) is 0 Å². The molecule has 1 aromatic heterocycles. The third kappa shape index (κ3) is 4.56. The van der Waals surface area contributed by atoms with Crippen LogP contribution in [0.4, 0.5) is 11.5 Å². The lowest BCUT2D eigenvalue weighted by Gasteiger charge is -2.27. The van der Waals surface area contributed by atoms with Crippen LogP contribution in [-0.4, -0.2) is 15.4 Å². The summed E-state index contributed by atoms with van der Waals surface area (Å²) < 4.78 is 0. The summed E-state index contributed by atoms with van der Waals surface area (Å²) in [5, 5.41) is 13.9. The molecule has 2 rings (SSSR count). The Morgan fingerprint density at radius 3 is 2.48 bits per heavy atom. The number of pyridine rings is 1. The maximum Gasteiger partial charge on any atom is 0.363 e. The minimum Gasteiger partial charge on any atom is -0.377 e. The van der Waals surface area contributed by atoms with Gasteiger partial charge in [0.25, 0.3) is 0 Å². The van der Waals surface area contributed by atoms with E-state index in [0.717, 1.165) is 18.5 Å². The van der Waals surface area contributed by atoms with Gasteiger partial charge >= 0.3 is 5.82 Å². The van der Waals surface area contributed by atoms with Crippen molar-refractivity contribution in [1.29, 1.82) is 0 Å². The molecular formula is C16H19N3O2. The third-order valence-electron chi connectivity index (χ3n) is 3.30. The molecule has 0 aliphatic rings. The fourth-order valence-electron chi connectivity index (χ4n) is 2.12. The van der Waals surface area contributed by atoms with Crippen LogP contribution in [0.15, 0.2) is 48.7 Å². The first kappa shape index (κ1) is 15.0. The molecule has 0 aliphatic carbocycles. The normalized spacial score (nSPS) is 11.1. The fourth-order valence-corrected chi connectivity index (χ4v) is 2.12. The molecule has 0 fully saturated rings. The number of nitro groups is 1. The zero-order valence-corrected chi connectivity index (χ0v) is 12.2. The molecule has 0 unspecified atom stereocenters. The Labute approximate surface area is 124 Å². The fraction of sp³-hybridized carbons (Fsp3) is 0.312. The van der Waals surface area contributed by atoms with Gasteiger partial charge in [0.15, 0.2) is 6.20 Å². The van der Waals surface area contributed by atoms with Gasteiger partial charge in [-0.15, -0.1) is 0 Å². The van der Waals surface area contributed by atoms with E-state index in [1.165, 1.54) is 17.8 Å². The smallest absolute Gasteiger partial charge is 0.363 e. The SMILES string of the molecule is CC(C)(CCc1ccccc1)Nc1ccc([N+](=O)[O-])nc1. The van der Waals surface area contributed by atoms with Gasteiger partial charge < -0.3 is 15.4 Å². The van der Waals surface area contributed by atoms with Crippen molar-refractivity contribution in [3.63, 3.8) is 0 Å². The predicted octanol–water partition coefficient (Wildman–Crippen LogP) is 3.81. The van der Waals surface area contributed by atoms with Crippen molar-refractivity contribution < 1.29 is 4.92 Å². The molecule has 0 saturated carbocycles. The van der Waals surface area contributed by atoms with Crippen LogP contribution in [0.1, 0.15) is 25.8 Å². The Hall–Kier alpha value is -2.43. The summed E-state index contributed by atoms with van der Waals surface area (Å²) in [5.41, 5.74) is 1.97. The highest BCUT2D eigenvalue weighted by Crippen LogP contribution is 2.21. The van der Waals surface area contributed by atoms with E-state index in [1.807, 2.05) is 18.2 Å². The topological polar surface area (TPSA) is 68.1 Å². The molecule has 110 valence electrons. The summed E-state index contributed by atoms with van der Waals surface area (Å²) in [5.74, 6) is -0.136. The standard InChI is InChI=1S/C16H19N3O2/c1-16(2,11-10-13-6-4-3-5-7-13)18-14-8-9-15(17-12-14)19(20)21/h3-9,12,18H,10-11H2,1-2H3. The Kier molecular flexibility index (Phi) is 4.52. The van der Waals surface area contributed by atoms with Crippen molar-refractivity contribution >= 4 is 11.5 Å². The quantitative estimate of drug-likeness (QED) is 0.647. The van der Waals surface area contributed by atoms with Crippen LogP contribution < -0.4 is 5.32 Å². The molecule has 1 aromatic carbocycles. The van der Waals surface area contributed by atoms with Gasteiger partial charge in [0, 0.05) is 11.6 Å². The van der Waals surface area contributed by atoms with E-state index in [4.69, 9.17) is 0 Å². The summed E-state index contributed by atoms with van der Waals surface area (Å²) in [6, 6.07) is 13.4. The molecule has 0 amide bonds. The number of hydrogen-bond donors (Lipinski definition) is 1. The van der Waals surface area contributed by atoms with Crippen molar-refractivity contribution in [1.82, 2.24) is 4.98 Å². The number of aromatic nitrogens is 1. The first-order valence-electron chi connectivity index (χ1n) is 6.89. The van der Waals surface area contributed by atoms with E-state index in [2.05, 4.69) is 36.3 Å². The second kappa shape index (κ2) is 6.35. The lowest BCUT2D eigenvalue weighted by atomic mass is 9.95. The van der Waals surface area contributed by atoms with Gasteiger partial charge in [-0.1, -0.05) is 30.3 Å². The molecule has 1 heterocycles. The second-order valence-electron chi connectivity index (χ2n) is 5.66. The van der Waals surface area contributed by atoms with Crippen LogP contribution in [0, 0.1) is 10.1 Å². The third-order valence-corrected chi connectivity index (χ3v) is 3.30. The largest absolute Gasteiger partial charge is 0.377 e. The number of anilines is 1. The van der Waals surface area contributed by atoms with E-state index in [-0.39, 0.29) is 11.4 Å². The average Bonchev–Trinajstić information content (AvgIpc) is 2.46. The molecule has 1 N–H and O–H groups in total. The molecular weight excluding hydrogens is 266 g/mol. The molecule has 0 atom stereocenters. The molecule has 0 bridgehead atoms. The van der Waals surface area contributed by atoms with Gasteiger partial charge in [-0.3, -0.25) is 0 Å². The van der Waals surface area contributed by atoms with Crippen LogP contribution in [0.25, 0.3) is 0 Å². The van der Waals surface area contributed by atoms with Crippen LogP contribution in [0.3, 0.4) is 0 Å². The van der Waals surface area contributed by atoms with E-state index >= 15 is 0 Å². The highest BCUT2D eigenvalue weighted by atomic mass is 16.6. The number of rotatable bonds is 6. The number of nitrogens with one attached hydrogen (secondary N) is 1. The molecule has 5 nitrogen and oxygen atoms in total. The van der Waals surface area contributed by atoms with Gasteiger partial charge in [-0.2, -0.15) is 0 Å². The zero-order chi connectivity index (χ0) is 15.3. The first-order valence-corrected chi connectivity index (χ1v) is 6.89. The highest BCUT2D eigenvalue weighted by molar-refractivity contribution is 5.45. The minimum atomic E-state index is -0.496. The monoisotopic (exact) mass is 285 g/mol. The molecule has 0 aliphatic heterocycles. The molecule has 0 radical (unpaired) electrons. The second-order valence-corrected chi connectivity index (χ2v) is 5.66. The van der Waals surface area contributed by atoms with Gasteiger partial charge in [-0.25, -0.2) is 0 Å². The van der Waals surface area contributed by atoms with Crippen LogP contribution in [0.2, 0.25) is 0 Å².